The molecule has 1 saturated heterocycles. The number of rotatable bonds is 4. The molecule has 0 radical (unpaired) electrons. The average Bonchev–Trinajstić information content (AvgIpc) is 2.79. The first-order chi connectivity index (χ1) is 10.1. The van der Waals surface area contributed by atoms with Crippen molar-refractivity contribution in [1.82, 2.24) is 15.1 Å². The number of hydrogen-bond donors (Lipinski definition) is 1. The zero-order chi connectivity index (χ0) is 14.8. The molecule has 1 fully saturated rings. The summed E-state index contributed by atoms with van der Waals surface area (Å²) >= 11 is 0. The number of fused-ring (bicyclic) bond motifs is 1. The minimum Gasteiger partial charge on any atom is -0.461 e. The lowest BCUT2D eigenvalue weighted by Crippen LogP contribution is -2.53. The standard InChI is InChI=1S/C17H25N3O/c1-13-16(15-6-4-5-7-17(15)21-13)11-18-10-14-12-19(2)8-9-20(14)3/h4-7,14,18H,8-12H2,1-3H3. The van der Waals surface area contributed by atoms with Gasteiger partial charge in [0.15, 0.2) is 0 Å². The Balaban J connectivity index is 1.63. The quantitative estimate of drug-likeness (QED) is 0.933. The molecular formula is C17H25N3O. The van der Waals surface area contributed by atoms with Crippen molar-refractivity contribution in [3.05, 3.63) is 35.6 Å². The first-order valence-electron chi connectivity index (χ1n) is 7.71. The van der Waals surface area contributed by atoms with E-state index in [9.17, 15) is 0 Å². The third-order valence-electron chi connectivity index (χ3n) is 4.56. The molecule has 1 unspecified atom stereocenters. The van der Waals surface area contributed by atoms with Gasteiger partial charge in [-0.05, 0) is 27.1 Å². The number of benzene rings is 1. The maximum atomic E-state index is 5.82. The molecule has 114 valence electrons. The van der Waals surface area contributed by atoms with Gasteiger partial charge in [0.1, 0.15) is 11.3 Å². The Kier molecular flexibility index (Phi) is 4.29. The normalized spacial score (nSPS) is 21.2. The van der Waals surface area contributed by atoms with Crippen LogP contribution in [0.2, 0.25) is 0 Å². The van der Waals surface area contributed by atoms with Crippen LogP contribution in [0.1, 0.15) is 11.3 Å². The molecule has 0 spiro atoms. The molecule has 0 aliphatic carbocycles. The molecule has 2 aromatic rings. The SMILES string of the molecule is Cc1oc2ccccc2c1CNCC1CN(C)CCN1C. The number of aryl methyl sites for hydroxylation is 1. The van der Waals surface area contributed by atoms with Crippen LogP contribution in [0.4, 0.5) is 0 Å². The highest BCUT2D eigenvalue weighted by molar-refractivity contribution is 5.82. The second-order valence-corrected chi connectivity index (χ2v) is 6.16. The molecule has 4 nitrogen and oxygen atoms in total. The summed E-state index contributed by atoms with van der Waals surface area (Å²) in [6, 6.07) is 8.86. The molecule has 1 aromatic heterocycles. The van der Waals surface area contributed by atoms with Gasteiger partial charge in [0.2, 0.25) is 0 Å². The number of piperazine rings is 1. The van der Waals surface area contributed by atoms with E-state index in [1.165, 1.54) is 17.5 Å². The number of nitrogens with zero attached hydrogens (tertiary/aromatic N) is 2. The molecule has 1 aliphatic rings. The Bertz CT molecular complexity index is 607. The number of para-hydroxylation sites is 1. The second-order valence-electron chi connectivity index (χ2n) is 6.16. The molecule has 1 N–H and O–H groups in total. The zero-order valence-corrected chi connectivity index (χ0v) is 13.2. The van der Waals surface area contributed by atoms with Crippen LogP contribution < -0.4 is 5.32 Å². The van der Waals surface area contributed by atoms with Gasteiger partial charge < -0.3 is 14.6 Å². The second kappa shape index (κ2) is 6.18. The van der Waals surface area contributed by atoms with Gasteiger partial charge in [-0.1, -0.05) is 18.2 Å². The topological polar surface area (TPSA) is 31.7 Å². The van der Waals surface area contributed by atoms with Crippen molar-refractivity contribution in [2.45, 2.75) is 19.5 Å². The van der Waals surface area contributed by atoms with Crippen LogP contribution in [0.25, 0.3) is 11.0 Å². The molecule has 2 heterocycles. The Hall–Kier alpha value is -1.36. The molecule has 1 aliphatic heterocycles. The van der Waals surface area contributed by atoms with Crippen LogP contribution >= 0.6 is 0 Å². The summed E-state index contributed by atoms with van der Waals surface area (Å²) in [4.78, 5) is 4.86. The Labute approximate surface area is 126 Å². The van der Waals surface area contributed by atoms with Gasteiger partial charge in [-0.25, -0.2) is 0 Å². The van der Waals surface area contributed by atoms with Gasteiger partial charge in [0.25, 0.3) is 0 Å². The van der Waals surface area contributed by atoms with Gasteiger partial charge in [0, 0.05) is 49.7 Å². The van der Waals surface area contributed by atoms with E-state index in [0.717, 1.165) is 37.5 Å². The van der Waals surface area contributed by atoms with Crippen LogP contribution in [0.15, 0.2) is 28.7 Å². The summed E-state index contributed by atoms with van der Waals surface area (Å²) in [6.07, 6.45) is 0. The molecule has 1 aromatic carbocycles. The molecule has 21 heavy (non-hydrogen) atoms. The fourth-order valence-corrected chi connectivity index (χ4v) is 3.13. The zero-order valence-electron chi connectivity index (χ0n) is 13.2. The van der Waals surface area contributed by atoms with E-state index < -0.39 is 0 Å². The maximum Gasteiger partial charge on any atom is 0.134 e. The largest absolute Gasteiger partial charge is 0.461 e. The van der Waals surface area contributed by atoms with E-state index in [1.54, 1.807) is 0 Å². The highest BCUT2D eigenvalue weighted by atomic mass is 16.3. The van der Waals surface area contributed by atoms with Crippen molar-refractivity contribution in [1.29, 1.82) is 0 Å². The third kappa shape index (κ3) is 3.12. The number of nitrogens with one attached hydrogen (secondary N) is 1. The highest BCUT2D eigenvalue weighted by Crippen LogP contribution is 2.24. The predicted molar refractivity (Wildman–Crippen MR) is 86.6 cm³/mol. The van der Waals surface area contributed by atoms with Crippen molar-refractivity contribution in [3.63, 3.8) is 0 Å². The van der Waals surface area contributed by atoms with Gasteiger partial charge >= 0.3 is 0 Å². The van der Waals surface area contributed by atoms with Crippen LogP contribution in [-0.2, 0) is 6.54 Å². The summed E-state index contributed by atoms with van der Waals surface area (Å²) in [5.41, 5.74) is 2.28. The minimum absolute atomic E-state index is 0.585. The van der Waals surface area contributed by atoms with E-state index in [4.69, 9.17) is 4.42 Å². The lowest BCUT2D eigenvalue weighted by atomic mass is 10.1. The summed E-state index contributed by atoms with van der Waals surface area (Å²) in [5.74, 6) is 1.03. The van der Waals surface area contributed by atoms with Crippen molar-refractivity contribution in [2.75, 3.05) is 40.3 Å². The van der Waals surface area contributed by atoms with Gasteiger partial charge in [0.05, 0.1) is 0 Å². The molecular weight excluding hydrogens is 262 g/mol. The molecule has 3 rings (SSSR count). The molecule has 4 heteroatoms. The summed E-state index contributed by atoms with van der Waals surface area (Å²) < 4.78 is 5.82. The fourth-order valence-electron chi connectivity index (χ4n) is 3.13. The van der Waals surface area contributed by atoms with E-state index in [1.807, 2.05) is 12.1 Å². The smallest absolute Gasteiger partial charge is 0.134 e. The molecule has 0 amide bonds. The van der Waals surface area contributed by atoms with Gasteiger partial charge in [-0.2, -0.15) is 0 Å². The summed E-state index contributed by atoms with van der Waals surface area (Å²) in [6.45, 7) is 7.39. The molecule has 1 atom stereocenters. The highest BCUT2D eigenvalue weighted by Gasteiger charge is 2.21. The van der Waals surface area contributed by atoms with E-state index in [2.05, 4.69) is 48.3 Å². The van der Waals surface area contributed by atoms with Crippen molar-refractivity contribution >= 4 is 11.0 Å². The minimum atomic E-state index is 0.585. The fraction of sp³-hybridized carbons (Fsp3) is 0.529. The lowest BCUT2D eigenvalue weighted by Gasteiger charge is -2.37. The van der Waals surface area contributed by atoms with E-state index in [-0.39, 0.29) is 0 Å². The van der Waals surface area contributed by atoms with Crippen LogP contribution in [0.5, 0.6) is 0 Å². The number of likely N-dealkylation sites (N-methyl/N-ethyl adjacent to an activating group) is 2. The maximum absolute atomic E-state index is 5.82. The van der Waals surface area contributed by atoms with Gasteiger partial charge in [-0.3, -0.25) is 4.90 Å². The first-order valence-corrected chi connectivity index (χ1v) is 7.71. The van der Waals surface area contributed by atoms with Gasteiger partial charge in [-0.15, -0.1) is 0 Å². The first kappa shape index (κ1) is 14.6. The Morgan fingerprint density at radius 2 is 2.05 bits per heavy atom. The summed E-state index contributed by atoms with van der Waals surface area (Å²) in [7, 11) is 4.42. The van der Waals surface area contributed by atoms with E-state index in [0.29, 0.717) is 6.04 Å². The van der Waals surface area contributed by atoms with Crippen LogP contribution in [0, 0.1) is 6.92 Å². The Morgan fingerprint density at radius 1 is 1.24 bits per heavy atom. The van der Waals surface area contributed by atoms with Crippen LogP contribution in [-0.4, -0.2) is 56.1 Å². The molecule has 0 bridgehead atoms. The number of hydrogen-bond acceptors (Lipinski definition) is 4. The lowest BCUT2D eigenvalue weighted by molar-refractivity contribution is 0.113. The number of furan rings is 1. The third-order valence-corrected chi connectivity index (χ3v) is 4.56. The Morgan fingerprint density at radius 3 is 2.90 bits per heavy atom. The average molecular weight is 287 g/mol. The summed E-state index contributed by atoms with van der Waals surface area (Å²) in [5, 5.41) is 4.85. The van der Waals surface area contributed by atoms with Crippen molar-refractivity contribution < 1.29 is 4.42 Å². The predicted octanol–water partition coefficient (Wildman–Crippen LogP) is 2.08. The molecule has 0 saturated carbocycles. The monoisotopic (exact) mass is 287 g/mol. The van der Waals surface area contributed by atoms with Crippen LogP contribution in [0.3, 0.4) is 0 Å². The van der Waals surface area contributed by atoms with Crippen molar-refractivity contribution in [3.8, 4) is 0 Å². The van der Waals surface area contributed by atoms with Crippen molar-refractivity contribution in [2.24, 2.45) is 0 Å². The van der Waals surface area contributed by atoms with E-state index >= 15 is 0 Å².